The Morgan fingerprint density at radius 1 is 1.06 bits per heavy atom. The van der Waals surface area contributed by atoms with Crippen LogP contribution in [-0.2, 0) is 0 Å². The molecule has 5 rings (SSSR count). The van der Waals surface area contributed by atoms with Gasteiger partial charge >= 0.3 is 0 Å². The van der Waals surface area contributed by atoms with Gasteiger partial charge in [-0.1, -0.05) is 12.1 Å². The number of nitrogens with two attached hydrogens (primary N) is 1. The van der Waals surface area contributed by atoms with E-state index >= 15 is 0 Å². The van der Waals surface area contributed by atoms with Crippen molar-refractivity contribution in [1.82, 2.24) is 30.5 Å². The van der Waals surface area contributed by atoms with Crippen LogP contribution in [0.3, 0.4) is 0 Å². The number of H-pyrrole nitrogens is 2. The van der Waals surface area contributed by atoms with Gasteiger partial charge in [0.25, 0.3) is 5.91 Å². The number of aromatic nitrogens is 5. The number of rotatable bonds is 6. The molecule has 0 saturated heterocycles. The normalized spacial score (nSPS) is 11.6. The van der Waals surface area contributed by atoms with Gasteiger partial charge < -0.3 is 26.8 Å². The third-order valence-electron chi connectivity index (χ3n) is 5.09. The minimum atomic E-state index is -0.384. The topological polar surface area (TPSA) is 161 Å². The molecule has 0 aliphatic heterocycles. The Hall–Kier alpha value is -4.99. The summed E-state index contributed by atoms with van der Waals surface area (Å²) in [7, 11) is 0. The Bertz CT molecular complexity index is 1530. The lowest BCUT2D eigenvalue weighted by Crippen LogP contribution is -2.24. The molecule has 5 aromatic rings. The molecule has 10 nitrogen and oxygen atoms in total. The number of hydrogen-bond acceptors (Lipinski definition) is 7. The van der Waals surface area contributed by atoms with Crippen LogP contribution in [0.4, 0.5) is 11.5 Å². The van der Waals surface area contributed by atoms with Gasteiger partial charge in [-0.3, -0.25) is 9.89 Å². The maximum atomic E-state index is 12.4. The van der Waals surface area contributed by atoms with E-state index in [1.165, 1.54) is 0 Å². The third kappa shape index (κ3) is 4.00. The van der Waals surface area contributed by atoms with Crippen LogP contribution in [0, 0.1) is 5.41 Å². The summed E-state index contributed by atoms with van der Waals surface area (Å²) in [6.07, 6.45) is 5.60. The molecule has 1 amide bonds. The Morgan fingerprint density at radius 2 is 1.97 bits per heavy atom. The van der Waals surface area contributed by atoms with Gasteiger partial charge in [0.1, 0.15) is 11.5 Å². The number of carbonyl (C=O) groups is 1. The number of carbonyl (C=O) groups excluding carboxylic acids is 1. The Kier molecular flexibility index (Phi) is 5.00. The number of amides is 1. The molecular weight excluding hydrogens is 418 g/mol. The summed E-state index contributed by atoms with van der Waals surface area (Å²) < 4.78 is 0. The molecule has 2 aromatic carbocycles. The van der Waals surface area contributed by atoms with E-state index in [-0.39, 0.29) is 11.6 Å². The van der Waals surface area contributed by atoms with Crippen LogP contribution in [0.5, 0.6) is 0 Å². The molecule has 0 unspecified atom stereocenters. The highest BCUT2D eigenvalue weighted by Gasteiger charge is 2.12. The van der Waals surface area contributed by atoms with Crippen LogP contribution in [0.15, 0.2) is 72.8 Å². The van der Waals surface area contributed by atoms with E-state index in [0.717, 1.165) is 45.5 Å². The third-order valence-corrected chi connectivity index (χ3v) is 5.09. The first kappa shape index (κ1) is 19.9. The molecular formula is C23H19N9O. The first-order valence-electron chi connectivity index (χ1n) is 10.0. The molecule has 0 spiro atoms. The van der Waals surface area contributed by atoms with E-state index in [9.17, 15) is 4.79 Å². The van der Waals surface area contributed by atoms with Crippen LogP contribution in [-0.4, -0.2) is 37.3 Å². The highest BCUT2D eigenvalue weighted by molar-refractivity contribution is 6.01. The molecule has 0 atom stereocenters. The number of hydrogen-bond donors (Lipinski definition) is 6. The minimum Gasteiger partial charge on any atom is -0.403 e. The van der Waals surface area contributed by atoms with Crippen LogP contribution in [0.1, 0.15) is 10.5 Å². The van der Waals surface area contributed by atoms with E-state index < -0.39 is 0 Å². The monoisotopic (exact) mass is 437 g/mol. The Labute approximate surface area is 187 Å². The fourth-order valence-corrected chi connectivity index (χ4v) is 3.45. The Balaban J connectivity index is 1.40. The quantitative estimate of drug-likeness (QED) is 0.223. The van der Waals surface area contributed by atoms with Gasteiger partial charge in [-0.25, -0.2) is 9.97 Å². The largest absolute Gasteiger partial charge is 0.403 e. The first-order valence-corrected chi connectivity index (χ1v) is 10.0. The molecule has 10 heteroatoms. The molecule has 0 fully saturated rings. The van der Waals surface area contributed by atoms with Crippen LogP contribution in [0.2, 0.25) is 0 Å². The number of aromatic amines is 2. The van der Waals surface area contributed by atoms with E-state index in [1.807, 2.05) is 36.4 Å². The van der Waals surface area contributed by atoms with E-state index in [2.05, 4.69) is 35.8 Å². The van der Waals surface area contributed by atoms with E-state index in [0.29, 0.717) is 17.3 Å². The standard InChI is InChI=1S/C23H19N9O/c24-10-17(11-25)29-23(33)20-8-13-1-2-14(9-19(13)30-20)22-26-6-5-21(31-22)28-16-3-4-18-15(7-16)12-27-32-18/h1-12,24,30H,25H2,(H,27,32)(H,29,33)(H,26,28,31). The Morgan fingerprint density at radius 3 is 2.82 bits per heavy atom. The molecule has 0 aliphatic carbocycles. The molecule has 3 aromatic heterocycles. The SMILES string of the molecule is N=CC(=CN)NC(=O)c1cc2ccc(-c3nccc(Nc4ccc5[nH]ncc5c4)n3)cc2[nH]1. The number of nitrogens with zero attached hydrogens (tertiary/aromatic N) is 3. The fraction of sp³-hybridized carbons (Fsp3) is 0. The lowest BCUT2D eigenvalue weighted by atomic mass is 10.1. The van der Waals surface area contributed by atoms with Gasteiger partial charge in [0, 0.05) is 46.2 Å². The lowest BCUT2D eigenvalue weighted by Gasteiger charge is -2.07. The van der Waals surface area contributed by atoms with Crippen molar-refractivity contribution in [2.75, 3.05) is 5.32 Å². The van der Waals surface area contributed by atoms with Gasteiger partial charge in [-0.05, 0) is 36.4 Å². The van der Waals surface area contributed by atoms with Gasteiger partial charge in [0.15, 0.2) is 5.82 Å². The van der Waals surface area contributed by atoms with Crippen LogP contribution < -0.4 is 16.4 Å². The van der Waals surface area contributed by atoms with Gasteiger partial charge in [-0.2, -0.15) is 5.10 Å². The average Bonchev–Trinajstić information content (AvgIpc) is 3.48. The molecule has 3 heterocycles. The molecule has 7 N–H and O–H groups in total. The maximum Gasteiger partial charge on any atom is 0.272 e. The maximum absolute atomic E-state index is 12.4. The predicted molar refractivity (Wildman–Crippen MR) is 127 cm³/mol. The smallest absolute Gasteiger partial charge is 0.272 e. The van der Waals surface area contributed by atoms with Crippen LogP contribution >= 0.6 is 0 Å². The molecule has 0 aliphatic rings. The summed E-state index contributed by atoms with van der Waals surface area (Å²) in [6.45, 7) is 0. The number of allylic oxidation sites excluding steroid dienone is 1. The summed E-state index contributed by atoms with van der Waals surface area (Å²) in [5.41, 5.74) is 9.37. The summed E-state index contributed by atoms with van der Waals surface area (Å²) in [5.74, 6) is 0.816. The van der Waals surface area contributed by atoms with Crippen molar-refractivity contribution in [1.29, 1.82) is 5.41 Å². The summed E-state index contributed by atoms with van der Waals surface area (Å²) >= 11 is 0. The number of fused-ring (bicyclic) bond motifs is 2. The molecule has 0 saturated carbocycles. The summed E-state index contributed by atoms with van der Waals surface area (Å²) in [5, 5.41) is 21.9. The summed E-state index contributed by atoms with van der Waals surface area (Å²) in [4.78, 5) is 24.5. The highest BCUT2D eigenvalue weighted by Crippen LogP contribution is 2.25. The van der Waals surface area contributed by atoms with Gasteiger partial charge in [0.2, 0.25) is 0 Å². The molecule has 0 bridgehead atoms. The number of benzene rings is 2. The molecule has 0 radical (unpaired) electrons. The fourth-order valence-electron chi connectivity index (χ4n) is 3.45. The highest BCUT2D eigenvalue weighted by atomic mass is 16.1. The second kappa shape index (κ2) is 8.27. The zero-order valence-electron chi connectivity index (χ0n) is 17.3. The zero-order valence-corrected chi connectivity index (χ0v) is 17.3. The van der Waals surface area contributed by atoms with E-state index in [4.69, 9.17) is 11.1 Å². The van der Waals surface area contributed by atoms with Crippen molar-refractivity contribution in [3.8, 4) is 11.4 Å². The predicted octanol–water partition coefficient (Wildman–Crippen LogP) is 3.42. The number of anilines is 2. The minimum absolute atomic E-state index is 0.212. The van der Waals surface area contributed by atoms with Crippen LogP contribution in [0.25, 0.3) is 33.2 Å². The van der Waals surface area contributed by atoms with Crippen molar-refractivity contribution in [3.05, 3.63) is 78.5 Å². The summed E-state index contributed by atoms with van der Waals surface area (Å²) in [6, 6.07) is 15.1. The molecule has 162 valence electrons. The van der Waals surface area contributed by atoms with Crippen molar-refractivity contribution in [2.24, 2.45) is 5.73 Å². The lowest BCUT2D eigenvalue weighted by molar-refractivity contribution is 0.0964. The average molecular weight is 437 g/mol. The first-order chi connectivity index (χ1) is 16.1. The van der Waals surface area contributed by atoms with Crippen molar-refractivity contribution >= 4 is 45.4 Å². The second-order valence-corrected chi connectivity index (χ2v) is 7.27. The number of nitrogens with one attached hydrogen (secondary N) is 5. The zero-order chi connectivity index (χ0) is 22.8. The second-order valence-electron chi connectivity index (χ2n) is 7.27. The van der Waals surface area contributed by atoms with E-state index in [1.54, 1.807) is 24.5 Å². The van der Waals surface area contributed by atoms with Crippen molar-refractivity contribution < 1.29 is 4.79 Å². The van der Waals surface area contributed by atoms with Gasteiger partial charge in [0.05, 0.1) is 17.4 Å². The van der Waals surface area contributed by atoms with Crippen molar-refractivity contribution in [3.63, 3.8) is 0 Å². The van der Waals surface area contributed by atoms with Crippen molar-refractivity contribution in [2.45, 2.75) is 0 Å². The molecule has 33 heavy (non-hydrogen) atoms. The van der Waals surface area contributed by atoms with Gasteiger partial charge in [-0.15, -0.1) is 0 Å².